The van der Waals surface area contributed by atoms with Crippen molar-refractivity contribution in [3.63, 3.8) is 0 Å². The number of hydrogen-bond acceptors (Lipinski definition) is 3. The van der Waals surface area contributed by atoms with Crippen molar-refractivity contribution in [2.24, 2.45) is 0 Å². The van der Waals surface area contributed by atoms with Gasteiger partial charge in [-0.25, -0.2) is 9.97 Å². The van der Waals surface area contributed by atoms with Crippen LogP contribution in [0.4, 0.5) is 0 Å². The first-order valence-corrected chi connectivity index (χ1v) is 20.4. The molecule has 0 saturated heterocycles. The zero-order chi connectivity index (χ0) is 41.2. The predicted octanol–water partition coefficient (Wildman–Crippen LogP) is 13.6. The average Bonchev–Trinajstić information content (AvgIpc) is 4.11. The molecule has 0 fully saturated rings. The van der Waals surface area contributed by atoms with Gasteiger partial charge in [0, 0.05) is 17.8 Å². The molecule has 0 amide bonds. The molecule has 0 spiro atoms. The molecule has 292 valence electrons. The molecule has 3 aromatic carbocycles. The average molecular weight is 841 g/mol. The Balaban J connectivity index is 0.00000514. The van der Waals surface area contributed by atoms with Crippen LogP contribution in [0.2, 0.25) is 0 Å². The van der Waals surface area contributed by atoms with Crippen LogP contribution >= 0.6 is 0 Å². The molecule has 0 N–H and O–H groups in total. The quantitative estimate of drug-likeness (QED) is 0.0958. The Bertz CT molecular complexity index is 2930. The number of fused-ring (bicyclic) bond motifs is 8. The van der Waals surface area contributed by atoms with Gasteiger partial charge in [-0.3, -0.25) is 4.98 Å². The van der Waals surface area contributed by atoms with Crippen molar-refractivity contribution in [2.75, 3.05) is 0 Å². The molecule has 6 heteroatoms. The van der Waals surface area contributed by atoms with Crippen molar-refractivity contribution in [1.29, 1.82) is 0 Å². The molecule has 0 radical (unpaired) electrons. The minimum Gasteiger partial charge on any atom is -0.657 e. The number of aromatic nitrogens is 5. The summed E-state index contributed by atoms with van der Waals surface area (Å²) >= 11 is 0. The maximum absolute atomic E-state index is 5.45. The summed E-state index contributed by atoms with van der Waals surface area (Å²) in [6.45, 7) is 16.5. The molecule has 0 saturated carbocycles. The van der Waals surface area contributed by atoms with E-state index >= 15 is 0 Å². The van der Waals surface area contributed by atoms with Crippen LogP contribution in [0, 0.1) is 13.8 Å². The number of rotatable bonds is 11. The van der Waals surface area contributed by atoms with Crippen LogP contribution in [-0.2, 0) is 24.9 Å². The third-order valence-electron chi connectivity index (χ3n) is 11.6. The molecule has 2 aliphatic heterocycles. The molecule has 0 atom stereocenters. The molecule has 0 aliphatic carbocycles. The van der Waals surface area contributed by atoms with Crippen molar-refractivity contribution in [2.45, 2.75) is 38.5 Å². The molecule has 9 rings (SSSR count). The minimum absolute atomic E-state index is 0. The van der Waals surface area contributed by atoms with Crippen molar-refractivity contribution in [1.82, 2.24) is 24.9 Å². The second-order valence-electron chi connectivity index (χ2n) is 15.7. The SMILES string of the molecule is C=CCC(CC=C)(CC=C)c1ccc(-c2c3nc(c(-c4ccc(C)cc4)c4ccc([n-]4)c(-c4ccncc4)c4nc(c(-c5ccc(C)cc5)c5ccc2[n-]5)C=C4)C=C3)cc1.[Zn+2]. The van der Waals surface area contributed by atoms with Gasteiger partial charge >= 0.3 is 19.5 Å². The molecule has 6 heterocycles. The van der Waals surface area contributed by atoms with E-state index in [0.717, 1.165) is 109 Å². The number of aryl methyl sites for hydroxylation is 2. The largest absolute Gasteiger partial charge is 2.00 e. The third-order valence-corrected chi connectivity index (χ3v) is 11.6. The maximum atomic E-state index is 5.45. The zero-order valence-electron chi connectivity index (χ0n) is 34.8. The van der Waals surface area contributed by atoms with Gasteiger partial charge in [-0.2, -0.15) is 0 Å². The Morgan fingerprint density at radius 1 is 0.443 bits per heavy atom. The van der Waals surface area contributed by atoms with Crippen LogP contribution in [0.5, 0.6) is 0 Å². The van der Waals surface area contributed by atoms with Gasteiger partial charge in [-0.1, -0.05) is 126 Å². The molecular formula is C55H45N5Zn. The van der Waals surface area contributed by atoms with E-state index < -0.39 is 0 Å². The Morgan fingerprint density at radius 2 is 0.754 bits per heavy atom. The van der Waals surface area contributed by atoms with Crippen LogP contribution in [0.25, 0.3) is 90.9 Å². The van der Waals surface area contributed by atoms with E-state index in [1.54, 1.807) is 0 Å². The summed E-state index contributed by atoms with van der Waals surface area (Å²) in [6, 6.07) is 38.5. The fraction of sp³-hybridized carbons (Fsp3) is 0.109. The van der Waals surface area contributed by atoms with Gasteiger partial charge in [0.15, 0.2) is 0 Å². The molecule has 4 aromatic heterocycles. The van der Waals surface area contributed by atoms with Gasteiger partial charge in [0.2, 0.25) is 0 Å². The Hall–Kier alpha value is -6.75. The fourth-order valence-electron chi connectivity index (χ4n) is 8.65. The summed E-state index contributed by atoms with van der Waals surface area (Å²) in [4.78, 5) is 26.0. The van der Waals surface area contributed by atoms with Gasteiger partial charge in [0.1, 0.15) is 0 Å². The van der Waals surface area contributed by atoms with Gasteiger partial charge < -0.3 is 9.97 Å². The van der Waals surface area contributed by atoms with E-state index in [-0.39, 0.29) is 24.9 Å². The van der Waals surface area contributed by atoms with Crippen LogP contribution in [0.3, 0.4) is 0 Å². The van der Waals surface area contributed by atoms with Crippen molar-refractivity contribution < 1.29 is 19.5 Å². The summed E-state index contributed by atoms with van der Waals surface area (Å²) in [5, 5.41) is 0. The molecule has 0 unspecified atom stereocenters. The summed E-state index contributed by atoms with van der Waals surface area (Å²) < 4.78 is 0. The summed E-state index contributed by atoms with van der Waals surface area (Å²) in [5.41, 5.74) is 17.9. The molecule has 7 aromatic rings. The van der Waals surface area contributed by atoms with Gasteiger partial charge in [0.25, 0.3) is 0 Å². The van der Waals surface area contributed by atoms with E-state index in [1.165, 1.54) is 16.7 Å². The number of allylic oxidation sites excluding steroid dienone is 3. The molecule has 8 bridgehead atoms. The van der Waals surface area contributed by atoms with Crippen molar-refractivity contribution in [3.8, 4) is 44.5 Å². The third kappa shape index (κ3) is 7.88. The standard InChI is InChI=1S/C55H45N5.Zn/c1-6-31-55(32-7-2,33-8-3)42-19-17-40(18-20-42)53-47-23-21-43(57-47)51(38-13-9-36(4)10-14-38)45-25-27-49(59-45)54(41-29-34-56-35-30-41)50-28-26-46(60-50)52(44-22-24-48(53)58-44)39-15-11-37(5)12-16-39;/h6-30,34-35H,1-3,31-33H2,4-5H3;/q-2;+2. The zero-order valence-corrected chi connectivity index (χ0v) is 37.7. The van der Waals surface area contributed by atoms with Crippen LogP contribution < -0.4 is 9.97 Å². The normalized spacial score (nSPS) is 11.9. The van der Waals surface area contributed by atoms with Gasteiger partial charge in [0.05, 0.1) is 22.8 Å². The number of benzene rings is 3. The first-order chi connectivity index (χ1) is 29.4. The molecule has 5 nitrogen and oxygen atoms in total. The molecule has 2 aliphatic rings. The van der Waals surface area contributed by atoms with Crippen molar-refractivity contribution in [3.05, 3.63) is 199 Å². The van der Waals surface area contributed by atoms with E-state index in [1.807, 2.05) is 42.8 Å². The second kappa shape index (κ2) is 17.5. The predicted molar refractivity (Wildman–Crippen MR) is 252 cm³/mol. The Kier molecular flexibility index (Phi) is 11.7. The monoisotopic (exact) mass is 839 g/mol. The maximum Gasteiger partial charge on any atom is 2.00 e. The number of pyridine rings is 1. The summed E-state index contributed by atoms with van der Waals surface area (Å²) in [5.74, 6) is 0. The van der Waals surface area contributed by atoms with Crippen molar-refractivity contribution >= 4 is 46.4 Å². The fourth-order valence-corrected chi connectivity index (χ4v) is 8.65. The minimum atomic E-state index is -0.173. The van der Waals surface area contributed by atoms with Crippen LogP contribution in [0.15, 0.2) is 160 Å². The van der Waals surface area contributed by atoms with Gasteiger partial charge in [-0.05, 0) is 120 Å². The summed E-state index contributed by atoms with van der Waals surface area (Å²) in [6.07, 6.45) is 20.5. The van der Waals surface area contributed by atoms with Crippen LogP contribution in [-0.4, -0.2) is 15.0 Å². The Morgan fingerprint density at radius 3 is 1.08 bits per heavy atom. The topological polar surface area (TPSA) is 66.9 Å². The Labute approximate surface area is 370 Å². The second-order valence-corrected chi connectivity index (χ2v) is 15.7. The van der Waals surface area contributed by atoms with Crippen LogP contribution in [0.1, 0.15) is 58.7 Å². The van der Waals surface area contributed by atoms with E-state index in [0.29, 0.717) is 0 Å². The smallest absolute Gasteiger partial charge is 0.657 e. The number of nitrogens with zero attached hydrogens (tertiary/aromatic N) is 5. The first kappa shape index (κ1) is 41.0. The molecule has 61 heavy (non-hydrogen) atoms. The number of hydrogen-bond donors (Lipinski definition) is 0. The van der Waals surface area contributed by atoms with Gasteiger partial charge in [-0.15, -0.1) is 41.8 Å². The summed E-state index contributed by atoms with van der Waals surface area (Å²) in [7, 11) is 0. The first-order valence-electron chi connectivity index (χ1n) is 20.4. The van der Waals surface area contributed by atoms with E-state index in [9.17, 15) is 0 Å². The molecular weight excluding hydrogens is 796 g/mol. The van der Waals surface area contributed by atoms with E-state index in [4.69, 9.17) is 19.9 Å². The van der Waals surface area contributed by atoms with E-state index in [2.05, 4.69) is 160 Å².